The Labute approximate surface area is 89.3 Å². The molecule has 7 heteroatoms. The fourth-order valence-corrected chi connectivity index (χ4v) is 2.37. The third kappa shape index (κ3) is 2.55. The highest BCUT2D eigenvalue weighted by molar-refractivity contribution is 7.89. The van der Waals surface area contributed by atoms with Crippen molar-refractivity contribution < 1.29 is 13.2 Å². The van der Waals surface area contributed by atoms with Crippen LogP contribution in [0.5, 0.6) is 0 Å². The van der Waals surface area contributed by atoms with Crippen molar-refractivity contribution in [3.05, 3.63) is 12.3 Å². The average molecular weight is 233 g/mol. The van der Waals surface area contributed by atoms with E-state index in [0.717, 1.165) is 0 Å². The number of methoxy groups -OCH3 is 1. The van der Waals surface area contributed by atoms with Crippen LogP contribution in [0.25, 0.3) is 0 Å². The van der Waals surface area contributed by atoms with E-state index in [0.29, 0.717) is 6.61 Å². The zero-order valence-electron chi connectivity index (χ0n) is 8.97. The maximum Gasteiger partial charge on any atom is 0.260 e. The number of H-pyrrole nitrogens is 1. The molecule has 0 saturated heterocycles. The molecule has 1 unspecified atom stereocenters. The van der Waals surface area contributed by atoms with Gasteiger partial charge in [0, 0.05) is 20.2 Å². The van der Waals surface area contributed by atoms with Gasteiger partial charge in [-0.3, -0.25) is 5.10 Å². The first kappa shape index (κ1) is 12.2. The Bertz CT molecular complexity index is 387. The lowest BCUT2D eigenvalue weighted by atomic mass is 10.4. The van der Waals surface area contributed by atoms with E-state index in [1.54, 1.807) is 6.92 Å². The van der Waals surface area contributed by atoms with Crippen molar-refractivity contribution in [2.24, 2.45) is 0 Å². The molecule has 0 aromatic carbocycles. The van der Waals surface area contributed by atoms with Gasteiger partial charge in [0.25, 0.3) is 10.0 Å². The first-order chi connectivity index (χ1) is 7.00. The summed E-state index contributed by atoms with van der Waals surface area (Å²) in [4.78, 5) is 0. The molecule has 0 aliphatic carbocycles. The van der Waals surface area contributed by atoms with E-state index in [9.17, 15) is 8.42 Å². The number of rotatable bonds is 5. The van der Waals surface area contributed by atoms with E-state index in [-0.39, 0.29) is 11.1 Å². The number of ether oxygens (including phenoxy) is 1. The topological polar surface area (TPSA) is 75.3 Å². The van der Waals surface area contributed by atoms with Crippen molar-refractivity contribution in [2.75, 3.05) is 20.8 Å². The minimum absolute atomic E-state index is 0.0907. The van der Waals surface area contributed by atoms with Crippen LogP contribution in [0.1, 0.15) is 6.92 Å². The molecule has 0 radical (unpaired) electrons. The van der Waals surface area contributed by atoms with Gasteiger partial charge in [-0.1, -0.05) is 0 Å². The van der Waals surface area contributed by atoms with E-state index >= 15 is 0 Å². The van der Waals surface area contributed by atoms with Crippen molar-refractivity contribution in [2.45, 2.75) is 18.0 Å². The van der Waals surface area contributed by atoms with Crippen molar-refractivity contribution in [3.63, 3.8) is 0 Å². The summed E-state index contributed by atoms with van der Waals surface area (Å²) in [5, 5.41) is 6.14. The highest BCUT2D eigenvalue weighted by atomic mass is 32.2. The van der Waals surface area contributed by atoms with Crippen LogP contribution in [0, 0.1) is 0 Å². The Kier molecular flexibility index (Phi) is 3.83. The number of likely N-dealkylation sites (N-methyl/N-ethyl adjacent to an activating group) is 1. The number of nitrogens with one attached hydrogen (secondary N) is 1. The lowest BCUT2D eigenvalue weighted by Crippen LogP contribution is -2.37. The van der Waals surface area contributed by atoms with Crippen molar-refractivity contribution >= 4 is 10.0 Å². The predicted octanol–water partition coefficient (Wildman–Crippen LogP) is 0.0651. The molecule has 0 saturated carbocycles. The van der Waals surface area contributed by atoms with Gasteiger partial charge in [-0.25, -0.2) is 8.42 Å². The zero-order chi connectivity index (χ0) is 11.5. The van der Waals surface area contributed by atoms with Crippen LogP contribution in [-0.2, 0) is 14.8 Å². The standard InChI is InChI=1S/C8H15N3O3S/c1-7(6-14-3)11(2)15(12,13)8-4-5-9-10-8/h4-5,7H,6H2,1-3H3,(H,9,10). The molecule has 1 N–H and O–H groups in total. The van der Waals surface area contributed by atoms with Gasteiger partial charge in [-0.2, -0.15) is 9.40 Å². The van der Waals surface area contributed by atoms with Gasteiger partial charge in [-0.05, 0) is 13.0 Å². The SMILES string of the molecule is COCC(C)N(C)S(=O)(=O)c1ccn[nH]1. The smallest absolute Gasteiger partial charge is 0.260 e. The summed E-state index contributed by atoms with van der Waals surface area (Å²) in [6, 6.07) is 1.20. The van der Waals surface area contributed by atoms with Crippen LogP contribution in [0.3, 0.4) is 0 Å². The van der Waals surface area contributed by atoms with Gasteiger partial charge in [0.15, 0.2) is 5.03 Å². The number of aromatic nitrogens is 2. The van der Waals surface area contributed by atoms with Crippen LogP contribution in [0.4, 0.5) is 0 Å². The number of hydrogen-bond donors (Lipinski definition) is 1. The Hall–Kier alpha value is -0.920. The normalized spacial score (nSPS) is 14.4. The summed E-state index contributed by atoms with van der Waals surface area (Å²) in [7, 11) is -0.433. The van der Waals surface area contributed by atoms with Crippen LogP contribution in [0.2, 0.25) is 0 Å². The second-order valence-electron chi connectivity index (χ2n) is 3.25. The average Bonchev–Trinajstić information content (AvgIpc) is 2.70. The molecule has 0 spiro atoms. The van der Waals surface area contributed by atoms with E-state index in [1.807, 2.05) is 0 Å². The minimum Gasteiger partial charge on any atom is -0.383 e. The molecular weight excluding hydrogens is 218 g/mol. The van der Waals surface area contributed by atoms with Crippen molar-refractivity contribution in [1.82, 2.24) is 14.5 Å². The Morgan fingerprint density at radius 1 is 1.67 bits per heavy atom. The van der Waals surface area contributed by atoms with Crippen LogP contribution in [-0.4, -0.2) is 49.7 Å². The first-order valence-corrected chi connectivity index (χ1v) is 5.90. The molecule has 15 heavy (non-hydrogen) atoms. The zero-order valence-corrected chi connectivity index (χ0v) is 9.78. The maximum absolute atomic E-state index is 11.9. The fourth-order valence-electron chi connectivity index (χ4n) is 1.12. The summed E-state index contributed by atoms with van der Waals surface area (Å²) >= 11 is 0. The highest BCUT2D eigenvalue weighted by Crippen LogP contribution is 2.13. The molecule has 1 aromatic heterocycles. The van der Waals surface area contributed by atoms with Gasteiger partial charge >= 0.3 is 0 Å². The summed E-state index contributed by atoms with van der Waals surface area (Å²) in [5.74, 6) is 0. The molecule has 1 atom stereocenters. The number of aromatic amines is 1. The minimum atomic E-state index is -3.48. The second-order valence-corrected chi connectivity index (χ2v) is 5.21. The molecule has 0 fully saturated rings. The van der Waals surface area contributed by atoms with Crippen LogP contribution in [0.15, 0.2) is 17.3 Å². The van der Waals surface area contributed by atoms with Gasteiger partial charge in [0.2, 0.25) is 0 Å². The predicted molar refractivity (Wildman–Crippen MR) is 54.9 cm³/mol. The summed E-state index contributed by atoms with van der Waals surface area (Å²) in [6.07, 6.45) is 1.40. The monoisotopic (exact) mass is 233 g/mol. The molecule has 0 bridgehead atoms. The Balaban J connectivity index is 2.88. The maximum atomic E-state index is 11.9. The summed E-state index contributed by atoms with van der Waals surface area (Å²) < 4.78 is 30.0. The third-order valence-corrected chi connectivity index (χ3v) is 4.06. The van der Waals surface area contributed by atoms with Gasteiger partial charge < -0.3 is 4.74 Å². The van der Waals surface area contributed by atoms with Crippen LogP contribution < -0.4 is 0 Å². The quantitative estimate of drug-likeness (QED) is 0.780. The molecule has 1 aromatic rings. The largest absolute Gasteiger partial charge is 0.383 e. The molecule has 0 amide bonds. The summed E-state index contributed by atoms with van der Waals surface area (Å²) in [6.45, 7) is 2.13. The van der Waals surface area contributed by atoms with Gasteiger partial charge in [0.1, 0.15) is 0 Å². The van der Waals surface area contributed by atoms with Crippen LogP contribution >= 0.6 is 0 Å². The number of nitrogens with zero attached hydrogens (tertiary/aromatic N) is 2. The molecule has 0 aliphatic heterocycles. The van der Waals surface area contributed by atoms with Crippen molar-refractivity contribution in [1.29, 1.82) is 0 Å². The second kappa shape index (κ2) is 4.73. The van der Waals surface area contributed by atoms with E-state index < -0.39 is 10.0 Å². The van der Waals surface area contributed by atoms with E-state index in [2.05, 4.69) is 10.2 Å². The fraction of sp³-hybridized carbons (Fsp3) is 0.625. The number of sulfonamides is 1. The third-order valence-electron chi connectivity index (χ3n) is 2.16. The van der Waals surface area contributed by atoms with Crippen molar-refractivity contribution in [3.8, 4) is 0 Å². The van der Waals surface area contributed by atoms with Gasteiger partial charge in [-0.15, -0.1) is 0 Å². The molecule has 6 nitrogen and oxygen atoms in total. The molecule has 0 aliphatic rings. The lowest BCUT2D eigenvalue weighted by molar-refractivity contribution is 0.149. The Morgan fingerprint density at radius 3 is 2.80 bits per heavy atom. The molecule has 1 rings (SSSR count). The van der Waals surface area contributed by atoms with Gasteiger partial charge in [0.05, 0.1) is 12.8 Å². The Morgan fingerprint density at radius 2 is 2.33 bits per heavy atom. The molecular formula is C8H15N3O3S. The lowest BCUT2D eigenvalue weighted by Gasteiger charge is -2.22. The first-order valence-electron chi connectivity index (χ1n) is 4.46. The van der Waals surface area contributed by atoms with E-state index in [4.69, 9.17) is 4.74 Å². The van der Waals surface area contributed by atoms with E-state index in [1.165, 1.54) is 30.7 Å². The molecule has 86 valence electrons. The molecule has 1 heterocycles. The summed E-state index contributed by atoms with van der Waals surface area (Å²) in [5.41, 5.74) is 0. The highest BCUT2D eigenvalue weighted by Gasteiger charge is 2.26. The number of hydrogen-bond acceptors (Lipinski definition) is 4.